The van der Waals surface area contributed by atoms with Gasteiger partial charge in [0.05, 0.1) is 12.1 Å². The maximum atomic E-state index is 12.2. The molecule has 1 aliphatic rings. The zero-order valence-electron chi connectivity index (χ0n) is 13.9. The largest absolute Gasteiger partial charge is 0.467 e. The highest BCUT2D eigenvalue weighted by atomic mass is 35.5. The van der Waals surface area contributed by atoms with E-state index in [1.807, 2.05) is 29.2 Å². The number of furan rings is 1. The van der Waals surface area contributed by atoms with Gasteiger partial charge in [0, 0.05) is 26.1 Å². The first-order chi connectivity index (χ1) is 11.7. The Morgan fingerprint density at radius 3 is 2.68 bits per heavy atom. The lowest BCUT2D eigenvalue weighted by molar-refractivity contribution is -0.128. The summed E-state index contributed by atoms with van der Waals surface area (Å²) in [5, 5.41) is 2.89. The minimum absolute atomic E-state index is 0. The second-order valence-corrected chi connectivity index (χ2v) is 5.88. The number of likely N-dealkylation sites (tertiary alicyclic amines) is 1. The van der Waals surface area contributed by atoms with Crippen molar-refractivity contribution >= 4 is 24.2 Å². The molecule has 0 aliphatic carbocycles. The van der Waals surface area contributed by atoms with Gasteiger partial charge in [-0.25, -0.2) is 0 Å². The Bertz CT molecular complexity index is 745. The lowest BCUT2D eigenvalue weighted by Gasteiger charge is -2.18. The Labute approximate surface area is 152 Å². The number of amides is 2. The third kappa shape index (κ3) is 4.61. The van der Waals surface area contributed by atoms with Crippen molar-refractivity contribution in [1.82, 2.24) is 10.2 Å². The molecule has 0 unspecified atom stereocenters. The minimum Gasteiger partial charge on any atom is -0.467 e. The first kappa shape index (κ1) is 19.0. The molecule has 25 heavy (non-hydrogen) atoms. The second-order valence-electron chi connectivity index (χ2n) is 5.88. The van der Waals surface area contributed by atoms with Crippen LogP contribution in [0.5, 0.6) is 0 Å². The first-order valence-corrected chi connectivity index (χ1v) is 8.07. The van der Waals surface area contributed by atoms with Crippen molar-refractivity contribution in [2.45, 2.75) is 32.5 Å². The summed E-state index contributed by atoms with van der Waals surface area (Å²) >= 11 is 0. The molecule has 1 aliphatic heterocycles. The highest BCUT2D eigenvalue weighted by molar-refractivity contribution is 5.93. The summed E-state index contributed by atoms with van der Waals surface area (Å²) in [6, 6.07) is 9.49. The van der Waals surface area contributed by atoms with Crippen LogP contribution in [0.25, 0.3) is 0 Å². The van der Waals surface area contributed by atoms with E-state index in [9.17, 15) is 9.59 Å². The van der Waals surface area contributed by atoms with Crippen LogP contribution in [-0.4, -0.2) is 23.3 Å². The van der Waals surface area contributed by atoms with Crippen LogP contribution in [0, 0.1) is 0 Å². The van der Waals surface area contributed by atoms with Crippen LogP contribution in [0.15, 0.2) is 41.0 Å². The van der Waals surface area contributed by atoms with Gasteiger partial charge in [0.1, 0.15) is 12.0 Å². The fourth-order valence-corrected chi connectivity index (χ4v) is 2.85. The Balaban J connectivity index is 0.00000225. The fourth-order valence-electron chi connectivity index (χ4n) is 2.85. The molecule has 0 atom stereocenters. The average Bonchev–Trinajstić information content (AvgIpc) is 3.23. The number of benzene rings is 1. The van der Waals surface area contributed by atoms with Gasteiger partial charge in [-0.2, -0.15) is 0 Å². The van der Waals surface area contributed by atoms with Gasteiger partial charge in [0.15, 0.2) is 0 Å². The monoisotopic (exact) mass is 363 g/mol. The molecule has 3 N–H and O–H groups in total. The van der Waals surface area contributed by atoms with Gasteiger partial charge < -0.3 is 20.4 Å². The number of nitrogens with zero attached hydrogens (tertiary/aromatic N) is 1. The van der Waals surface area contributed by atoms with E-state index in [1.54, 1.807) is 6.07 Å². The van der Waals surface area contributed by atoms with Crippen molar-refractivity contribution in [2.75, 3.05) is 6.54 Å². The Morgan fingerprint density at radius 2 is 2.04 bits per heavy atom. The van der Waals surface area contributed by atoms with Crippen molar-refractivity contribution in [1.29, 1.82) is 0 Å². The van der Waals surface area contributed by atoms with Gasteiger partial charge >= 0.3 is 0 Å². The van der Waals surface area contributed by atoms with Crippen LogP contribution in [0.1, 0.15) is 40.1 Å². The molecule has 7 heteroatoms. The van der Waals surface area contributed by atoms with Crippen molar-refractivity contribution in [3.05, 3.63) is 59.0 Å². The normalized spacial score (nSPS) is 13.6. The third-order valence-electron chi connectivity index (χ3n) is 4.21. The van der Waals surface area contributed by atoms with Gasteiger partial charge in [-0.3, -0.25) is 9.59 Å². The SMILES string of the molecule is Cl.NCc1cc(C(=O)NCc2ccccc2CN2CCCC2=O)co1. The van der Waals surface area contributed by atoms with Gasteiger partial charge in [-0.1, -0.05) is 24.3 Å². The number of halogens is 1. The molecule has 134 valence electrons. The molecule has 3 rings (SSSR count). The average molecular weight is 364 g/mol. The van der Waals surface area contributed by atoms with Crippen LogP contribution in [-0.2, 0) is 24.4 Å². The number of hydrogen-bond donors (Lipinski definition) is 2. The molecule has 1 saturated heterocycles. The molecule has 1 fully saturated rings. The van der Waals surface area contributed by atoms with Crippen molar-refractivity contribution in [3.8, 4) is 0 Å². The molecule has 0 saturated carbocycles. The summed E-state index contributed by atoms with van der Waals surface area (Å²) in [7, 11) is 0. The summed E-state index contributed by atoms with van der Waals surface area (Å²) in [5.41, 5.74) is 8.01. The Kier molecular flexibility index (Phi) is 6.61. The number of nitrogens with one attached hydrogen (secondary N) is 1. The zero-order chi connectivity index (χ0) is 16.9. The number of nitrogens with two attached hydrogens (primary N) is 1. The minimum atomic E-state index is -0.203. The van der Waals surface area contributed by atoms with Crippen LogP contribution in [0.4, 0.5) is 0 Å². The van der Waals surface area contributed by atoms with E-state index in [-0.39, 0.29) is 30.8 Å². The molecule has 1 aromatic carbocycles. The molecule has 2 amide bonds. The number of rotatable bonds is 6. The van der Waals surface area contributed by atoms with Crippen LogP contribution in [0.2, 0.25) is 0 Å². The highest BCUT2D eigenvalue weighted by Gasteiger charge is 2.21. The molecule has 2 aromatic rings. The van der Waals surface area contributed by atoms with E-state index in [0.717, 1.165) is 24.1 Å². The lowest BCUT2D eigenvalue weighted by Crippen LogP contribution is -2.26. The standard InChI is InChI=1S/C18H21N3O3.ClH/c19-9-16-8-15(12-24-16)18(23)20-10-13-4-1-2-5-14(13)11-21-7-3-6-17(21)22;/h1-2,4-5,8,12H,3,6-7,9-11,19H2,(H,20,23);1H. The van der Waals surface area contributed by atoms with Gasteiger partial charge in [0.2, 0.25) is 5.91 Å². The van der Waals surface area contributed by atoms with Gasteiger partial charge in [-0.05, 0) is 23.6 Å². The molecule has 0 radical (unpaired) electrons. The zero-order valence-corrected chi connectivity index (χ0v) is 14.7. The molecule has 2 heterocycles. The topological polar surface area (TPSA) is 88.6 Å². The van der Waals surface area contributed by atoms with E-state index in [0.29, 0.717) is 30.8 Å². The fraction of sp³-hybridized carbons (Fsp3) is 0.333. The van der Waals surface area contributed by atoms with Gasteiger partial charge in [-0.15, -0.1) is 12.4 Å². The van der Waals surface area contributed by atoms with Crippen molar-refractivity contribution in [3.63, 3.8) is 0 Å². The second kappa shape index (κ2) is 8.69. The predicted molar refractivity (Wildman–Crippen MR) is 96.1 cm³/mol. The summed E-state index contributed by atoms with van der Waals surface area (Å²) in [4.78, 5) is 25.9. The van der Waals surface area contributed by atoms with E-state index >= 15 is 0 Å². The molecular formula is C18H22ClN3O3. The maximum absolute atomic E-state index is 12.2. The summed E-state index contributed by atoms with van der Waals surface area (Å²) in [6.07, 6.45) is 2.96. The molecular weight excluding hydrogens is 342 g/mol. The summed E-state index contributed by atoms with van der Waals surface area (Å²) in [6.45, 7) is 2.06. The van der Waals surface area contributed by atoms with Crippen LogP contribution in [0.3, 0.4) is 0 Å². The van der Waals surface area contributed by atoms with Crippen molar-refractivity contribution < 1.29 is 14.0 Å². The molecule has 6 nitrogen and oxygen atoms in total. The summed E-state index contributed by atoms with van der Waals surface area (Å²) in [5.74, 6) is 0.570. The van der Waals surface area contributed by atoms with E-state index in [2.05, 4.69) is 5.32 Å². The Hall–Kier alpha value is -2.31. The maximum Gasteiger partial charge on any atom is 0.254 e. The van der Waals surface area contributed by atoms with E-state index < -0.39 is 0 Å². The van der Waals surface area contributed by atoms with Crippen molar-refractivity contribution in [2.24, 2.45) is 5.73 Å². The highest BCUT2D eigenvalue weighted by Crippen LogP contribution is 2.17. The number of carbonyl (C=O) groups excluding carboxylic acids is 2. The first-order valence-electron chi connectivity index (χ1n) is 8.07. The quantitative estimate of drug-likeness (QED) is 0.823. The molecule has 0 bridgehead atoms. The third-order valence-corrected chi connectivity index (χ3v) is 4.21. The van der Waals surface area contributed by atoms with Crippen LogP contribution < -0.4 is 11.1 Å². The molecule has 1 aromatic heterocycles. The molecule has 0 spiro atoms. The predicted octanol–water partition coefficient (Wildman–Crippen LogP) is 2.21. The number of hydrogen-bond acceptors (Lipinski definition) is 4. The smallest absolute Gasteiger partial charge is 0.254 e. The van der Waals surface area contributed by atoms with E-state index in [1.165, 1.54) is 6.26 Å². The van der Waals surface area contributed by atoms with E-state index in [4.69, 9.17) is 10.2 Å². The summed E-state index contributed by atoms with van der Waals surface area (Å²) < 4.78 is 5.18. The van der Waals surface area contributed by atoms with Crippen LogP contribution >= 0.6 is 12.4 Å². The Morgan fingerprint density at radius 1 is 1.28 bits per heavy atom. The number of carbonyl (C=O) groups is 2. The lowest BCUT2D eigenvalue weighted by atomic mass is 10.1. The van der Waals surface area contributed by atoms with Gasteiger partial charge in [0.25, 0.3) is 5.91 Å².